The first-order valence-electron chi connectivity index (χ1n) is 12.4. The number of benzene rings is 2. The smallest absolute Gasteiger partial charge is 0.213 e. The molecule has 7 nitrogen and oxygen atoms in total. The predicted octanol–water partition coefficient (Wildman–Crippen LogP) is 3.26. The molecule has 2 fully saturated rings. The molecule has 12 heteroatoms. The van der Waals surface area contributed by atoms with Gasteiger partial charge in [0.15, 0.2) is 27.3 Å². The van der Waals surface area contributed by atoms with Crippen molar-refractivity contribution >= 4 is 37.8 Å². The van der Waals surface area contributed by atoms with Crippen LogP contribution in [-0.2, 0) is 24.7 Å². The molecule has 4 rings (SSSR count). The molecule has 1 aliphatic carbocycles. The second-order valence-corrected chi connectivity index (χ2v) is 14.1. The normalized spacial score (nSPS) is 22.5. The van der Waals surface area contributed by atoms with Crippen LogP contribution in [0.4, 0.5) is 13.2 Å². The second kappa shape index (κ2) is 11.7. The average molecular weight is 583 g/mol. The van der Waals surface area contributed by atoms with E-state index in [1.807, 2.05) is 0 Å². The van der Waals surface area contributed by atoms with Crippen LogP contribution >= 0.6 is 0 Å². The molecule has 2 aromatic carbocycles. The van der Waals surface area contributed by atoms with Crippen LogP contribution in [0.5, 0.6) is 0 Å². The van der Waals surface area contributed by atoms with Crippen molar-refractivity contribution in [1.29, 1.82) is 0 Å². The number of nitrogens with zero attached hydrogens (tertiary/aromatic N) is 1. The summed E-state index contributed by atoms with van der Waals surface area (Å²) in [7, 11) is -6.90. The summed E-state index contributed by atoms with van der Waals surface area (Å²) in [6, 6.07) is 6.87. The summed E-state index contributed by atoms with van der Waals surface area (Å²) in [4.78, 5) is 15.1. The molecule has 1 saturated heterocycles. The van der Waals surface area contributed by atoms with E-state index in [9.17, 15) is 34.8 Å². The minimum Gasteiger partial charge on any atom is -0.300 e. The number of hydrogen-bond acceptors (Lipinski definition) is 6. The molecule has 39 heavy (non-hydrogen) atoms. The van der Waals surface area contributed by atoms with Crippen LogP contribution in [0.15, 0.2) is 47.5 Å². The third-order valence-corrected chi connectivity index (χ3v) is 9.80. The molecule has 1 aliphatic heterocycles. The topological polar surface area (TPSA) is 101 Å². The molecular formula is C27H29F3N2O5S2. The molecule has 210 valence electrons. The molecular weight excluding hydrogens is 553 g/mol. The Bertz CT molecular complexity index is 1470. The van der Waals surface area contributed by atoms with Crippen LogP contribution in [-0.4, -0.2) is 70.5 Å². The van der Waals surface area contributed by atoms with Crippen molar-refractivity contribution < 1.29 is 34.8 Å². The lowest BCUT2D eigenvalue weighted by molar-refractivity contribution is -0.113. The van der Waals surface area contributed by atoms with Crippen LogP contribution < -0.4 is 4.72 Å². The lowest BCUT2D eigenvalue weighted by Crippen LogP contribution is -2.45. The summed E-state index contributed by atoms with van der Waals surface area (Å²) < 4.78 is 92.7. The van der Waals surface area contributed by atoms with Crippen LogP contribution in [0.1, 0.15) is 29.5 Å². The number of sulfone groups is 1. The quantitative estimate of drug-likeness (QED) is 0.503. The van der Waals surface area contributed by atoms with Gasteiger partial charge in [0.05, 0.1) is 17.3 Å². The first kappa shape index (κ1) is 29.2. The molecule has 1 N–H and O–H groups in total. The van der Waals surface area contributed by atoms with Gasteiger partial charge in [-0.05, 0) is 72.9 Å². The number of halogens is 3. The molecule has 2 aromatic rings. The Balaban J connectivity index is 1.56. The number of carbonyl (C=O) groups is 1. The van der Waals surface area contributed by atoms with Gasteiger partial charge >= 0.3 is 0 Å². The first-order chi connectivity index (χ1) is 18.3. The van der Waals surface area contributed by atoms with Gasteiger partial charge < -0.3 is 4.90 Å². The Kier molecular flexibility index (Phi) is 8.79. The standard InChI is InChI=1S/C27H29F3N2O5S2/c1-18-12-19(2-4-24(18)28)13-21-16-23(17-22(27(21)33)14-20-3-5-25(29)26(30)15-20)31-39(36,37)11-8-32-6-9-38(34,35)10-7-32/h2-5,12-15,23,31H,6-11,16-17H2,1H3/b21-13+,22-14+. The number of ketones is 1. The summed E-state index contributed by atoms with van der Waals surface area (Å²) >= 11 is 0. The molecule has 0 aromatic heterocycles. The van der Waals surface area contributed by atoms with Crippen molar-refractivity contribution in [3.05, 3.63) is 81.7 Å². The highest BCUT2D eigenvalue weighted by molar-refractivity contribution is 7.91. The molecule has 0 radical (unpaired) electrons. The molecule has 1 unspecified atom stereocenters. The van der Waals surface area contributed by atoms with Crippen molar-refractivity contribution in [2.75, 3.05) is 36.9 Å². The predicted molar refractivity (Wildman–Crippen MR) is 143 cm³/mol. The average Bonchev–Trinajstić information content (AvgIpc) is 2.85. The lowest BCUT2D eigenvalue weighted by atomic mass is 9.84. The summed E-state index contributed by atoms with van der Waals surface area (Å²) in [6.45, 7) is 2.27. The van der Waals surface area contributed by atoms with Crippen molar-refractivity contribution in [3.8, 4) is 0 Å². The van der Waals surface area contributed by atoms with E-state index in [-0.39, 0.29) is 72.2 Å². The van der Waals surface area contributed by atoms with Gasteiger partial charge in [-0.2, -0.15) is 0 Å². The fraction of sp³-hybridized carbons (Fsp3) is 0.370. The zero-order chi connectivity index (χ0) is 28.4. The number of nitrogens with one attached hydrogen (secondary N) is 1. The number of sulfonamides is 1. The largest absolute Gasteiger partial charge is 0.300 e. The van der Waals surface area contributed by atoms with E-state index in [1.54, 1.807) is 24.0 Å². The van der Waals surface area contributed by atoms with Crippen LogP contribution in [0.25, 0.3) is 12.2 Å². The Hall–Kier alpha value is -2.80. The highest BCUT2D eigenvalue weighted by atomic mass is 32.2. The van der Waals surface area contributed by atoms with Gasteiger partial charge in [-0.1, -0.05) is 12.1 Å². The number of Topliss-reactive ketones (excluding diaryl/α,β-unsaturated/α-hetero) is 1. The van der Waals surface area contributed by atoms with Gasteiger partial charge in [-0.25, -0.2) is 34.7 Å². The Morgan fingerprint density at radius 2 is 1.49 bits per heavy atom. The molecule has 0 bridgehead atoms. The zero-order valence-corrected chi connectivity index (χ0v) is 22.9. The third kappa shape index (κ3) is 7.87. The summed E-state index contributed by atoms with van der Waals surface area (Å²) in [5, 5.41) is 0. The highest BCUT2D eigenvalue weighted by Gasteiger charge is 2.31. The van der Waals surface area contributed by atoms with Crippen LogP contribution in [0, 0.1) is 24.4 Å². The minimum atomic E-state index is -3.81. The zero-order valence-electron chi connectivity index (χ0n) is 21.3. The second-order valence-electron chi connectivity index (χ2n) is 9.89. The minimum absolute atomic E-state index is 0.0135. The van der Waals surface area contributed by atoms with Crippen molar-refractivity contribution in [2.24, 2.45) is 0 Å². The van der Waals surface area contributed by atoms with Crippen molar-refractivity contribution in [3.63, 3.8) is 0 Å². The van der Waals surface area contributed by atoms with E-state index in [2.05, 4.69) is 4.72 Å². The van der Waals surface area contributed by atoms with E-state index < -0.39 is 43.4 Å². The van der Waals surface area contributed by atoms with Gasteiger partial charge in [0, 0.05) is 36.8 Å². The van der Waals surface area contributed by atoms with Gasteiger partial charge in [0.1, 0.15) is 5.82 Å². The number of aryl methyl sites for hydroxylation is 1. The summed E-state index contributed by atoms with van der Waals surface area (Å²) in [5.41, 5.74) is 1.69. The Morgan fingerprint density at radius 1 is 0.923 bits per heavy atom. The van der Waals surface area contributed by atoms with E-state index >= 15 is 0 Å². The molecule has 1 saturated carbocycles. The fourth-order valence-corrected chi connectivity index (χ4v) is 7.19. The SMILES string of the molecule is Cc1cc(/C=C2\CC(NS(=O)(=O)CCN3CCS(=O)(=O)CC3)C/C(=C\c3ccc(F)c(F)c3)C2=O)ccc1F. The lowest BCUT2D eigenvalue weighted by Gasteiger charge is -2.28. The molecule has 1 atom stereocenters. The van der Waals surface area contributed by atoms with Gasteiger partial charge in [-0.15, -0.1) is 0 Å². The molecule has 0 amide bonds. The Labute approximate surface area is 226 Å². The number of hydrogen-bond donors (Lipinski definition) is 1. The van der Waals surface area contributed by atoms with Crippen LogP contribution in [0.2, 0.25) is 0 Å². The summed E-state index contributed by atoms with van der Waals surface area (Å²) in [6.07, 6.45) is 3.08. The monoisotopic (exact) mass is 582 g/mol. The van der Waals surface area contributed by atoms with Crippen molar-refractivity contribution in [1.82, 2.24) is 9.62 Å². The maximum atomic E-state index is 13.8. The molecule has 1 heterocycles. The fourth-order valence-electron chi connectivity index (χ4n) is 4.63. The maximum Gasteiger partial charge on any atom is 0.213 e. The number of rotatable bonds is 7. The maximum absolute atomic E-state index is 13.8. The number of carbonyl (C=O) groups excluding carboxylic acids is 1. The molecule has 0 spiro atoms. The molecule has 2 aliphatic rings. The highest BCUT2D eigenvalue weighted by Crippen LogP contribution is 2.30. The van der Waals surface area contributed by atoms with E-state index in [0.29, 0.717) is 11.1 Å². The van der Waals surface area contributed by atoms with Crippen LogP contribution in [0.3, 0.4) is 0 Å². The van der Waals surface area contributed by atoms with Gasteiger partial charge in [-0.3, -0.25) is 4.79 Å². The summed E-state index contributed by atoms with van der Waals surface area (Å²) in [5.74, 6) is -3.16. The first-order valence-corrected chi connectivity index (χ1v) is 15.9. The van der Waals surface area contributed by atoms with E-state index in [4.69, 9.17) is 0 Å². The van der Waals surface area contributed by atoms with E-state index in [1.165, 1.54) is 24.3 Å². The van der Waals surface area contributed by atoms with Gasteiger partial charge in [0.25, 0.3) is 0 Å². The van der Waals surface area contributed by atoms with E-state index in [0.717, 1.165) is 12.1 Å². The third-order valence-electron chi connectivity index (χ3n) is 6.78. The van der Waals surface area contributed by atoms with Crippen molar-refractivity contribution in [2.45, 2.75) is 25.8 Å². The Morgan fingerprint density at radius 3 is 2.05 bits per heavy atom. The van der Waals surface area contributed by atoms with Gasteiger partial charge in [0.2, 0.25) is 10.0 Å².